The van der Waals surface area contributed by atoms with Crippen LogP contribution in [0.5, 0.6) is 11.5 Å². The zero-order chi connectivity index (χ0) is 53.9. The van der Waals surface area contributed by atoms with Gasteiger partial charge in [-0.3, -0.25) is 0 Å². The van der Waals surface area contributed by atoms with Gasteiger partial charge in [0.25, 0.3) is 0 Å². The number of aryl methyl sites for hydroxylation is 3. The van der Waals surface area contributed by atoms with Crippen LogP contribution in [0.3, 0.4) is 0 Å². The van der Waals surface area contributed by atoms with E-state index in [1.54, 1.807) is 36.4 Å². The Kier molecular flexibility index (Phi) is 9.06. The van der Waals surface area contributed by atoms with Crippen LogP contribution >= 0.6 is 0 Å². The third kappa shape index (κ3) is 8.22. The molecule has 67 heavy (non-hydrogen) atoms. The number of furan rings is 1. The summed E-state index contributed by atoms with van der Waals surface area (Å²) in [5, 5.41) is 5.51. The van der Waals surface area contributed by atoms with Gasteiger partial charge in [0.05, 0.1) is 5.58 Å². The van der Waals surface area contributed by atoms with Gasteiger partial charge in [-0.15, -0.1) is 11.6 Å². The molecule has 2 aliphatic carbocycles. The van der Waals surface area contributed by atoms with Gasteiger partial charge in [0.15, 0.2) is 0 Å². The van der Waals surface area contributed by atoms with Gasteiger partial charge in [0, 0.05) is 48.4 Å². The second-order valence-electron chi connectivity index (χ2n) is 20.1. The van der Waals surface area contributed by atoms with Crippen molar-refractivity contribution in [3.05, 3.63) is 155 Å². The van der Waals surface area contributed by atoms with Crippen LogP contribution in [0.4, 0.5) is 0 Å². The molecule has 0 aliphatic heterocycles. The van der Waals surface area contributed by atoms with E-state index in [-0.39, 0.29) is 71.7 Å². The third-order valence-electron chi connectivity index (χ3n) is 15.2. The van der Waals surface area contributed by atoms with Crippen molar-refractivity contribution in [3.8, 4) is 45.1 Å². The molecule has 9 aromatic rings. The van der Waals surface area contributed by atoms with Crippen molar-refractivity contribution < 1.29 is 43.9 Å². The van der Waals surface area contributed by atoms with E-state index >= 15 is 0 Å². The summed E-state index contributed by atoms with van der Waals surface area (Å²) in [6, 6.07) is 38.8. The van der Waals surface area contributed by atoms with Crippen LogP contribution in [-0.4, -0.2) is 9.97 Å². The van der Waals surface area contributed by atoms with Gasteiger partial charge in [-0.05, 0) is 144 Å². The van der Waals surface area contributed by atoms with Crippen molar-refractivity contribution in [2.45, 2.75) is 106 Å². The second-order valence-corrected chi connectivity index (χ2v) is 20.1. The summed E-state index contributed by atoms with van der Waals surface area (Å²) < 4.78 is 100. The van der Waals surface area contributed by atoms with E-state index in [0.717, 1.165) is 83.6 Å². The van der Waals surface area contributed by atoms with E-state index in [9.17, 15) is 1.37 Å². The standard InChI is InChI=1S/C62H60N2O2.Pt/c1-37-28-55(63-35-39(37)3)45-29-52(42-14-10-9-11-15-42)41(5)57(30-45)65-47-31-53-50-21-20-44-19-18-43-16-12-13-17-49(43)58(44)60(50)66-59(53)54(32-47)56-33-51(40(4)36-64-56)48-24-27-62(8,34-38(48)2)46-22-25-61(6,7)26-23-46;/h9-21,28-29,31,33,35-36,38,46,48H,22-27,34H2,1-8H3;/q-2;+2/i1D3,3D3,5D3,46D;. The van der Waals surface area contributed by atoms with Crippen LogP contribution < -0.4 is 4.74 Å². The molecule has 0 radical (unpaired) electrons. The Morgan fingerprint density at radius 3 is 2.25 bits per heavy atom. The van der Waals surface area contributed by atoms with E-state index in [4.69, 9.17) is 26.5 Å². The Balaban J connectivity index is 0.00000672. The quantitative estimate of drug-likeness (QED) is 0.118. The molecule has 340 valence electrons. The number of nitrogens with zero attached hydrogens (tertiary/aromatic N) is 2. The summed E-state index contributed by atoms with van der Waals surface area (Å²) in [5.74, 6) is 0.0202. The number of pyridine rings is 2. The van der Waals surface area contributed by atoms with Crippen LogP contribution in [0.15, 0.2) is 120 Å². The molecule has 2 fully saturated rings. The number of hydrogen-bond acceptors (Lipinski definition) is 4. The molecule has 0 N–H and O–H groups in total. The number of aromatic nitrogens is 2. The van der Waals surface area contributed by atoms with Gasteiger partial charge in [0.1, 0.15) is 5.58 Å². The molecule has 3 atom stereocenters. The Bertz CT molecular complexity index is 3740. The summed E-state index contributed by atoms with van der Waals surface area (Å²) in [6.07, 6.45) is 9.78. The summed E-state index contributed by atoms with van der Waals surface area (Å²) in [4.78, 5) is 9.54. The molecular weight excluding hydrogens is 1000 g/mol. The van der Waals surface area contributed by atoms with Gasteiger partial charge in [0.2, 0.25) is 0 Å². The maximum atomic E-state index is 9.86. The third-order valence-corrected chi connectivity index (χ3v) is 15.2. The van der Waals surface area contributed by atoms with E-state index in [1.165, 1.54) is 11.6 Å². The molecule has 0 bridgehead atoms. The Hall–Kier alpha value is -5.57. The van der Waals surface area contributed by atoms with Crippen LogP contribution in [0, 0.1) is 62.3 Å². The van der Waals surface area contributed by atoms with Gasteiger partial charge in [-0.25, -0.2) is 0 Å². The molecule has 3 aromatic heterocycles. The van der Waals surface area contributed by atoms with E-state index < -0.39 is 37.6 Å². The molecule has 5 heteroatoms. The molecule has 0 amide bonds. The van der Waals surface area contributed by atoms with E-state index in [2.05, 4.69) is 88.1 Å². The fraction of sp³-hybridized carbons (Fsp3) is 0.323. The molecule has 11 rings (SSSR count). The molecule has 2 aliphatic rings. The first-order valence-electron chi connectivity index (χ1n) is 28.4. The van der Waals surface area contributed by atoms with Crippen LogP contribution in [0.1, 0.15) is 120 Å². The number of benzene rings is 6. The second kappa shape index (κ2) is 17.5. The zero-order valence-electron chi connectivity index (χ0n) is 48.6. The normalized spacial score (nSPS) is 23.1. The molecule has 4 nitrogen and oxygen atoms in total. The van der Waals surface area contributed by atoms with Gasteiger partial charge in [-0.2, -0.15) is 0 Å². The molecule has 2 saturated carbocycles. The Labute approximate surface area is 424 Å². The van der Waals surface area contributed by atoms with E-state index in [1.807, 2.05) is 30.5 Å². The smallest absolute Gasteiger partial charge is 0.500 e. The number of rotatable bonds is 7. The summed E-state index contributed by atoms with van der Waals surface area (Å²) in [5.41, 5.74) is 4.81. The molecule has 6 aromatic carbocycles. The number of hydrogen-bond donors (Lipinski definition) is 0. The molecule has 3 unspecified atom stereocenters. The zero-order valence-corrected chi connectivity index (χ0v) is 40.9. The first-order valence-corrected chi connectivity index (χ1v) is 23.4. The largest absolute Gasteiger partial charge is 2.00 e. The van der Waals surface area contributed by atoms with Crippen LogP contribution in [0.25, 0.3) is 77.1 Å². The first kappa shape index (κ1) is 34.7. The average Bonchev–Trinajstić information content (AvgIpc) is 4.00. The van der Waals surface area contributed by atoms with Crippen molar-refractivity contribution in [1.82, 2.24) is 9.97 Å². The predicted molar refractivity (Wildman–Crippen MR) is 273 cm³/mol. The monoisotopic (exact) mass is 1070 g/mol. The first-order chi connectivity index (χ1) is 35.8. The predicted octanol–water partition coefficient (Wildman–Crippen LogP) is 17.4. The summed E-state index contributed by atoms with van der Waals surface area (Å²) >= 11 is 0. The molecule has 0 saturated heterocycles. The van der Waals surface area contributed by atoms with Gasteiger partial charge < -0.3 is 19.1 Å². The van der Waals surface area contributed by atoms with Crippen molar-refractivity contribution in [2.75, 3.05) is 0 Å². The maximum Gasteiger partial charge on any atom is 2.00 e. The molecular formula is C62H60N2O2Pt. The molecule has 0 spiro atoms. The minimum absolute atomic E-state index is 0. The topological polar surface area (TPSA) is 48.2 Å². The number of fused-ring (bicyclic) bond motifs is 7. The molecule has 3 heterocycles. The van der Waals surface area contributed by atoms with Crippen molar-refractivity contribution in [3.63, 3.8) is 0 Å². The summed E-state index contributed by atoms with van der Waals surface area (Å²) in [6.45, 7) is 3.12. The van der Waals surface area contributed by atoms with Crippen LogP contribution in [-0.2, 0) is 21.1 Å². The fourth-order valence-electron chi connectivity index (χ4n) is 11.3. The minimum Gasteiger partial charge on any atom is -0.500 e. The summed E-state index contributed by atoms with van der Waals surface area (Å²) in [7, 11) is 0. The van der Waals surface area contributed by atoms with E-state index in [0.29, 0.717) is 39.3 Å². The van der Waals surface area contributed by atoms with Crippen molar-refractivity contribution in [1.29, 1.82) is 0 Å². The number of ether oxygens (including phenoxy) is 1. The van der Waals surface area contributed by atoms with Crippen molar-refractivity contribution >= 4 is 43.5 Å². The SMILES string of the molecule is [2H]C([2H])([2H])c1cnc(-c2[c-]c(Oc3[c-]c(-c4cc(C5CCC(C)(C6([2H])CCC(C)(C)CC6)CC5C)c(C)cn4)c4oc5c(ccc6ccc7ccccc7c65)c4c3)c(C([2H])([2H])[2H])c(-c3ccccc3)c2)cc1C([2H])([2H])[2H].[Pt+2]. The van der Waals surface area contributed by atoms with Crippen LogP contribution in [0.2, 0.25) is 0 Å². The van der Waals surface area contributed by atoms with Gasteiger partial charge in [-0.1, -0.05) is 171 Å². The Morgan fingerprint density at radius 2 is 1.46 bits per heavy atom. The fourth-order valence-corrected chi connectivity index (χ4v) is 11.3. The minimum atomic E-state index is -2.82. The Morgan fingerprint density at radius 1 is 0.716 bits per heavy atom. The average molecular weight is 1070 g/mol. The van der Waals surface area contributed by atoms with Crippen molar-refractivity contribution in [2.24, 2.45) is 22.6 Å². The maximum absolute atomic E-state index is 9.86. The van der Waals surface area contributed by atoms with Gasteiger partial charge >= 0.3 is 21.1 Å².